The summed E-state index contributed by atoms with van der Waals surface area (Å²) in [5.41, 5.74) is 8.32. The fourth-order valence-electron chi connectivity index (χ4n) is 1.46. The lowest BCUT2D eigenvalue weighted by atomic mass is 10.0. The van der Waals surface area contributed by atoms with Gasteiger partial charge >= 0.3 is 0 Å². The molecule has 1 aromatic heterocycles. The second-order valence-electron chi connectivity index (χ2n) is 3.64. The molecule has 82 valence electrons. The summed E-state index contributed by atoms with van der Waals surface area (Å²) in [5.74, 6) is -0.101. The van der Waals surface area contributed by atoms with Gasteiger partial charge in [-0.3, -0.25) is 4.79 Å². The topological polar surface area (TPSA) is 73.8 Å². The Morgan fingerprint density at radius 1 is 1.44 bits per heavy atom. The number of rotatable bonds is 2. The van der Waals surface area contributed by atoms with Crippen LogP contribution in [0.4, 0.5) is 5.69 Å². The van der Waals surface area contributed by atoms with Crippen LogP contribution in [0.1, 0.15) is 21.6 Å². The lowest BCUT2D eigenvalue weighted by Crippen LogP contribution is -2.08. The number of anilines is 1. The number of aryl methyl sites for hydroxylation is 2. The highest BCUT2D eigenvalue weighted by molar-refractivity contribution is 6.07. The highest BCUT2D eigenvalue weighted by Gasteiger charge is 2.13. The zero-order valence-electron chi connectivity index (χ0n) is 9.14. The summed E-state index contributed by atoms with van der Waals surface area (Å²) in [6, 6.07) is 5.20. The Morgan fingerprint density at radius 2 is 2.19 bits per heavy atom. The average molecular weight is 216 g/mol. The van der Waals surface area contributed by atoms with Crippen molar-refractivity contribution in [3.8, 4) is 0 Å². The first-order chi connectivity index (χ1) is 7.59. The number of hydrogen-bond acceptors (Lipinski definition) is 4. The van der Waals surface area contributed by atoms with E-state index in [0.717, 1.165) is 5.56 Å². The molecule has 0 bridgehead atoms. The summed E-state index contributed by atoms with van der Waals surface area (Å²) >= 11 is 0. The van der Waals surface area contributed by atoms with Gasteiger partial charge in [-0.2, -0.15) is 0 Å². The molecule has 0 amide bonds. The molecule has 0 aliphatic heterocycles. The Bertz CT molecular complexity index is 545. The summed E-state index contributed by atoms with van der Waals surface area (Å²) in [7, 11) is 1.68. The molecule has 2 rings (SSSR count). The highest BCUT2D eigenvalue weighted by atomic mass is 16.1. The van der Waals surface area contributed by atoms with Crippen molar-refractivity contribution in [2.24, 2.45) is 7.05 Å². The summed E-state index contributed by atoms with van der Waals surface area (Å²) in [6.07, 6.45) is 1.45. The van der Waals surface area contributed by atoms with Crippen LogP contribution in [-0.2, 0) is 7.05 Å². The first-order valence-electron chi connectivity index (χ1n) is 4.85. The molecule has 0 aliphatic rings. The molecule has 5 heteroatoms. The Labute approximate surface area is 92.9 Å². The van der Waals surface area contributed by atoms with Crippen molar-refractivity contribution >= 4 is 11.5 Å². The highest BCUT2D eigenvalue weighted by Crippen LogP contribution is 2.15. The van der Waals surface area contributed by atoms with Crippen LogP contribution >= 0.6 is 0 Å². The minimum absolute atomic E-state index is 0.101. The number of nitrogens with zero attached hydrogens (tertiary/aromatic N) is 3. The van der Waals surface area contributed by atoms with Gasteiger partial charge in [0.15, 0.2) is 0 Å². The monoisotopic (exact) mass is 216 g/mol. The number of benzene rings is 1. The summed E-state index contributed by atoms with van der Waals surface area (Å²) in [5, 5.41) is 7.40. The molecule has 0 fully saturated rings. The molecular weight excluding hydrogens is 204 g/mol. The quantitative estimate of drug-likeness (QED) is 0.598. The predicted molar refractivity (Wildman–Crippen MR) is 60.0 cm³/mol. The molecule has 5 nitrogen and oxygen atoms in total. The number of nitrogen functional groups attached to an aromatic ring is 1. The smallest absolute Gasteiger partial charge is 0.212 e. The SMILES string of the molecule is Cc1cc(C(=O)c2cnnn2C)ccc1N. The maximum absolute atomic E-state index is 12.1. The van der Waals surface area contributed by atoms with E-state index in [1.807, 2.05) is 6.92 Å². The fourth-order valence-corrected chi connectivity index (χ4v) is 1.46. The predicted octanol–water partition coefficient (Wildman–Crippen LogP) is 0.937. The van der Waals surface area contributed by atoms with Crippen molar-refractivity contribution < 1.29 is 4.79 Å². The molecule has 1 heterocycles. The second-order valence-corrected chi connectivity index (χ2v) is 3.64. The lowest BCUT2D eigenvalue weighted by molar-refractivity contribution is 0.103. The molecule has 0 spiro atoms. The maximum Gasteiger partial charge on any atom is 0.212 e. The third-order valence-electron chi connectivity index (χ3n) is 2.48. The van der Waals surface area contributed by atoms with Crippen LogP contribution < -0.4 is 5.73 Å². The van der Waals surface area contributed by atoms with Crippen LogP contribution in [-0.4, -0.2) is 20.8 Å². The zero-order chi connectivity index (χ0) is 11.7. The lowest BCUT2D eigenvalue weighted by Gasteiger charge is -2.04. The molecule has 0 radical (unpaired) electrons. The van der Waals surface area contributed by atoms with Gasteiger partial charge in [-0.1, -0.05) is 5.21 Å². The Kier molecular flexibility index (Phi) is 2.44. The van der Waals surface area contributed by atoms with Crippen LogP contribution in [0.5, 0.6) is 0 Å². The van der Waals surface area contributed by atoms with Gasteiger partial charge in [-0.15, -0.1) is 5.10 Å². The van der Waals surface area contributed by atoms with Gasteiger partial charge in [0.05, 0.1) is 6.20 Å². The van der Waals surface area contributed by atoms with Crippen molar-refractivity contribution in [1.82, 2.24) is 15.0 Å². The van der Waals surface area contributed by atoms with Crippen molar-refractivity contribution in [1.29, 1.82) is 0 Å². The summed E-state index contributed by atoms with van der Waals surface area (Å²) in [4.78, 5) is 12.1. The van der Waals surface area contributed by atoms with E-state index >= 15 is 0 Å². The van der Waals surface area contributed by atoms with E-state index in [2.05, 4.69) is 10.3 Å². The van der Waals surface area contributed by atoms with Crippen molar-refractivity contribution in [3.05, 3.63) is 41.2 Å². The molecular formula is C11H12N4O. The average Bonchev–Trinajstić information content (AvgIpc) is 2.67. The van der Waals surface area contributed by atoms with Crippen LogP contribution in [0.15, 0.2) is 24.4 Å². The number of carbonyl (C=O) groups excluding carboxylic acids is 1. The zero-order valence-corrected chi connectivity index (χ0v) is 9.14. The second kappa shape index (κ2) is 3.77. The van der Waals surface area contributed by atoms with Crippen LogP contribution in [0.2, 0.25) is 0 Å². The Morgan fingerprint density at radius 3 is 2.75 bits per heavy atom. The standard InChI is InChI=1S/C11H12N4O/c1-7-5-8(3-4-9(7)12)11(16)10-6-13-14-15(10)2/h3-6H,12H2,1-2H3. The van der Waals surface area contributed by atoms with Gasteiger partial charge in [0.1, 0.15) is 5.69 Å². The summed E-state index contributed by atoms with van der Waals surface area (Å²) < 4.78 is 1.45. The van der Waals surface area contributed by atoms with Gasteiger partial charge in [-0.25, -0.2) is 4.68 Å². The number of ketones is 1. The van der Waals surface area contributed by atoms with Gasteiger partial charge < -0.3 is 5.73 Å². The van der Waals surface area contributed by atoms with Gasteiger partial charge in [-0.05, 0) is 30.7 Å². The number of carbonyl (C=O) groups is 1. The molecule has 0 saturated carbocycles. The van der Waals surface area contributed by atoms with Crippen molar-refractivity contribution in [2.45, 2.75) is 6.92 Å². The van der Waals surface area contributed by atoms with E-state index in [4.69, 9.17) is 5.73 Å². The van der Waals surface area contributed by atoms with E-state index in [1.54, 1.807) is 25.2 Å². The molecule has 2 N–H and O–H groups in total. The van der Waals surface area contributed by atoms with E-state index in [-0.39, 0.29) is 5.78 Å². The van der Waals surface area contributed by atoms with Crippen molar-refractivity contribution in [3.63, 3.8) is 0 Å². The Hall–Kier alpha value is -2.17. The van der Waals surface area contributed by atoms with Gasteiger partial charge in [0.2, 0.25) is 5.78 Å². The Balaban J connectivity index is 2.42. The minimum atomic E-state index is -0.101. The van der Waals surface area contributed by atoms with Crippen LogP contribution in [0.25, 0.3) is 0 Å². The van der Waals surface area contributed by atoms with Gasteiger partial charge in [0, 0.05) is 18.3 Å². The minimum Gasteiger partial charge on any atom is -0.399 e. The largest absolute Gasteiger partial charge is 0.399 e. The molecule has 0 atom stereocenters. The molecule has 0 aliphatic carbocycles. The maximum atomic E-state index is 12.1. The first kappa shape index (κ1) is 10.4. The molecule has 1 aromatic carbocycles. The molecule has 16 heavy (non-hydrogen) atoms. The number of hydrogen-bond donors (Lipinski definition) is 1. The van der Waals surface area contributed by atoms with E-state index < -0.39 is 0 Å². The van der Waals surface area contributed by atoms with E-state index in [0.29, 0.717) is 16.9 Å². The number of nitrogens with two attached hydrogens (primary N) is 1. The normalized spacial score (nSPS) is 10.4. The van der Waals surface area contributed by atoms with Crippen molar-refractivity contribution in [2.75, 3.05) is 5.73 Å². The number of aromatic nitrogens is 3. The van der Waals surface area contributed by atoms with E-state index in [1.165, 1.54) is 10.9 Å². The molecule has 2 aromatic rings. The van der Waals surface area contributed by atoms with Crippen LogP contribution in [0.3, 0.4) is 0 Å². The van der Waals surface area contributed by atoms with Gasteiger partial charge in [0.25, 0.3) is 0 Å². The molecule has 0 saturated heterocycles. The molecule has 0 unspecified atom stereocenters. The third kappa shape index (κ3) is 1.67. The van der Waals surface area contributed by atoms with Crippen LogP contribution in [0, 0.1) is 6.92 Å². The third-order valence-corrected chi connectivity index (χ3v) is 2.48. The van der Waals surface area contributed by atoms with E-state index in [9.17, 15) is 4.79 Å². The first-order valence-corrected chi connectivity index (χ1v) is 4.85. The fraction of sp³-hybridized carbons (Fsp3) is 0.182. The summed E-state index contributed by atoms with van der Waals surface area (Å²) in [6.45, 7) is 1.87.